The van der Waals surface area contributed by atoms with Gasteiger partial charge < -0.3 is 20.7 Å². The lowest BCUT2D eigenvalue weighted by Gasteiger charge is -2.42. The number of nitrogens with two attached hydrogens (primary N) is 1. The van der Waals surface area contributed by atoms with Crippen molar-refractivity contribution in [3.63, 3.8) is 0 Å². The van der Waals surface area contributed by atoms with Gasteiger partial charge in [-0.15, -0.1) is 0 Å². The zero-order chi connectivity index (χ0) is 18.4. The molecule has 1 aromatic rings. The van der Waals surface area contributed by atoms with Crippen LogP contribution in [-0.2, 0) is 17.6 Å². The van der Waals surface area contributed by atoms with E-state index in [4.69, 9.17) is 10.5 Å². The first kappa shape index (κ1) is 17.8. The lowest BCUT2D eigenvalue weighted by molar-refractivity contribution is 0.0496. The molecule has 1 aliphatic carbocycles. The van der Waals surface area contributed by atoms with Gasteiger partial charge in [-0.2, -0.15) is 4.98 Å². The summed E-state index contributed by atoms with van der Waals surface area (Å²) >= 11 is 0. The first-order valence-corrected chi connectivity index (χ1v) is 8.92. The highest BCUT2D eigenvalue weighted by atomic mass is 16.6. The Morgan fingerprint density at radius 2 is 2.00 bits per heavy atom. The summed E-state index contributed by atoms with van der Waals surface area (Å²) in [6.07, 6.45) is 2.64. The Bertz CT molecular complexity index is 675. The Hall–Kier alpha value is -2.05. The highest BCUT2D eigenvalue weighted by Crippen LogP contribution is 2.38. The van der Waals surface area contributed by atoms with Gasteiger partial charge in [0.15, 0.2) is 0 Å². The van der Waals surface area contributed by atoms with Gasteiger partial charge in [0.1, 0.15) is 11.4 Å². The van der Waals surface area contributed by atoms with Crippen molar-refractivity contribution in [2.75, 3.05) is 23.7 Å². The maximum absolute atomic E-state index is 11.9. The maximum atomic E-state index is 11.9. The molecule has 0 unspecified atom stereocenters. The molecule has 1 saturated heterocycles. The van der Waals surface area contributed by atoms with Crippen molar-refractivity contribution < 1.29 is 9.53 Å². The van der Waals surface area contributed by atoms with Crippen LogP contribution < -0.4 is 16.0 Å². The fraction of sp³-hybridized carbons (Fsp3) is 0.722. The molecule has 7 heteroatoms. The highest BCUT2D eigenvalue weighted by molar-refractivity contribution is 5.69. The predicted octanol–water partition coefficient (Wildman–Crippen LogP) is 2.29. The lowest BCUT2D eigenvalue weighted by Crippen LogP contribution is -2.60. The van der Waals surface area contributed by atoms with E-state index in [0.29, 0.717) is 19.0 Å². The van der Waals surface area contributed by atoms with Crippen LogP contribution in [-0.4, -0.2) is 40.8 Å². The minimum Gasteiger partial charge on any atom is -0.444 e. The van der Waals surface area contributed by atoms with Crippen LogP contribution in [0.1, 0.15) is 52.3 Å². The number of anilines is 2. The van der Waals surface area contributed by atoms with Crippen molar-refractivity contribution in [3.8, 4) is 0 Å². The second kappa shape index (κ2) is 6.04. The summed E-state index contributed by atoms with van der Waals surface area (Å²) in [5.74, 6) is 1.26. The Balaban J connectivity index is 1.65. The molecule has 2 aliphatic rings. The molecular formula is C18H29N5O2. The van der Waals surface area contributed by atoms with Crippen molar-refractivity contribution in [2.45, 2.75) is 65.5 Å². The summed E-state index contributed by atoms with van der Waals surface area (Å²) in [7, 11) is 0. The standard InChI is InChI=1S/C18H29N5O2/c1-17(2,3)25-16(24)20-11-9-23(10-11)14-12-6-7-18(4,5)8-13(12)21-15(19)22-14/h11H,6-10H2,1-5H3,(H,20,24)(H2,19,21,22). The minimum absolute atomic E-state index is 0.0710. The summed E-state index contributed by atoms with van der Waals surface area (Å²) in [4.78, 5) is 23.0. The summed E-state index contributed by atoms with van der Waals surface area (Å²) in [5.41, 5.74) is 7.98. The molecule has 138 valence electrons. The first-order valence-electron chi connectivity index (χ1n) is 8.92. The third-order valence-corrected chi connectivity index (χ3v) is 4.69. The normalized spacial score (nSPS) is 19.8. The number of ether oxygens (including phenoxy) is 1. The van der Waals surface area contributed by atoms with Gasteiger partial charge in [-0.3, -0.25) is 0 Å². The molecule has 1 aromatic heterocycles. The van der Waals surface area contributed by atoms with Crippen LogP contribution in [0.15, 0.2) is 0 Å². The third kappa shape index (κ3) is 4.14. The SMILES string of the molecule is CC1(C)CCc2c(nc(N)nc2N2CC(NC(=O)OC(C)(C)C)C2)C1. The van der Waals surface area contributed by atoms with Crippen LogP contribution in [0, 0.1) is 5.41 Å². The van der Waals surface area contributed by atoms with Crippen LogP contribution in [0.3, 0.4) is 0 Å². The number of nitrogens with one attached hydrogen (secondary N) is 1. The molecule has 3 rings (SSSR count). The number of fused-ring (bicyclic) bond motifs is 1. The van der Waals surface area contributed by atoms with Crippen LogP contribution in [0.5, 0.6) is 0 Å². The lowest BCUT2D eigenvalue weighted by atomic mass is 9.76. The van der Waals surface area contributed by atoms with Crippen LogP contribution >= 0.6 is 0 Å². The van der Waals surface area contributed by atoms with Crippen molar-refractivity contribution in [1.29, 1.82) is 0 Å². The molecule has 1 aliphatic heterocycles. The van der Waals surface area contributed by atoms with Gasteiger partial charge in [-0.05, 0) is 45.4 Å². The Morgan fingerprint density at radius 1 is 1.32 bits per heavy atom. The smallest absolute Gasteiger partial charge is 0.407 e. The van der Waals surface area contributed by atoms with E-state index in [2.05, 4.69) is 34.0 Å². The van der Waals surface area contributed by atoms with Crippen LogP contribution in [0.2, 0.25) is 0 Å². The third-order valence-electron chi connectivity index (χ3n) is 4.69. The van der Waals surface area contributed by atoms with Gasteiger partial charge in [0.05, 0.1) is 11.7 Å². The molecule has 1 amide bonds. The average Bonchev–Trinajstić information content (AvgIpc) is 2.38. The molecule has 0 aromatic carbocycles. The second-order valence-corrected chi connectivity index (χ2v) is 8.92. The number of nitrogens with zero attached hydrogens (tertiary/aromatic N) is 3. The van der Waals surface area contributed by atoms with Gasteiger partial charge >= 0.3 is 6.09 Å². The molecule has 0 saturated carbocycles. The molecule has 2 heterocycles. The number of carbonyl (C=O) groups excluding carboxylic acids is 1. The van der Waals surface area contributed by atoms with Crippen LogP contribution in [0.25, 0.3) is 0 Å². The molecule has 7 nitrogen and oxygen atoms in total. The first-order chi connectivity index (χ1) is 11.5. The molecule has 1 fully saturated rings. The minimum atomic E-state index is -0.486. The number of aromatic nitrogens is 2. The number of alkyl carbamates (subject to hydrolysis) is 1. The predicted molar refractivity (Wildman–Crippen MR) is 97.6 cm³/mol. The molecule has 25 heavy (non-hydrogen) atoms. The Labute approximate surface area is 149 Å². The Morgan fingerprint density at radius 3 is 2.64 bits per heavy atom. The van der Waals surface area contributed by atoms with Crippen molar-refractivity contribution in [3.05, 3.63) is 11.3 Å². The van der Waals surface area contributed by atoms with Gasteiger partial charge in [0.2, 0.25) is 5.95 Å². The fourth-order valence-corrected chi connectivity index (χ4v) is 3.42. The van der Waals surface area contributed by atoms with Gasteiger partial charge in [0.25, 0.3) is 0 Å². The van der Waals surface area contributed by atoms with Gasteiger partial charge in [0, 0.05) is 18.7 Å². The number of hydrogen-bond donors (Lipinski definition) is 2. The van der Waals surface area contributed by atoms with E-state index in [1.54, 1.807) is 0 Å². The molecular weight excluding hydrogens is 318 g/mol. The van der Waals surface area contributed by atoms with E-state index in [-0.39, 0.29) is 17.6 Å². The van der Waals surface area contributed by atoms with Crippen molar-refractivity contribution in [1.82, 2.24) is 15.3 Å². The maximum Gasteiger partial charge on any atom is 0.407 e. The number of carbonyl (C=O) groups is 1. The van der Waals surface area contributed by atoms with Crippen molar-refractivity contribution >= 4 is 17.9 Å². The van der Waals surface area contributed by atoms with E-state index in [0.717, 1.165) is 30.8 Å². The van der Waals surface area contributed by atoms with Crippen LogP contribution in [0.4, 0.5) is 16.6 Å². The topological polar surface area (TPSA) is 93.4 Å². The fourth-order valence-electron chi connectivity index (χ4n) is 3.42. The van der Waals surface area contributed by atoms with E-state index in [1.165, 1.54) is 5.56 Å². The van der Waals surface area contributed by atoms with Gasteiger partial charge in [-0.1, -0.05) is 13.8 Å². The number of hydrogen-bond acceptors (Lipinski definition) is 6. The summed E-state index contributed by atoms with van der Waals surface area (Å²) in [5, 5.41) is 2.90. The molecule has 0 spiro atoms. The monoisotopic (exact) mass is 347 g/mol. The largest absolute Gasteiger partial charge is 0.444 e. The molecule has 0 atom stereocenters. The Kier molecular flexibility index (Phi) is 4.29. The second-order valence-electron chi connectivity index (χ2n) is 8.92. The quantitative estimate of drug-likeness (QED) is 0.852. The summed E-state index contributed by atoms with van der Waals surface area (Å²) in [6.45, 7) is 11.5. The summed E-state index contributed by atoms with van der Waals surface area (Å²) in [6, 6.07) is 0.0710. The molecule has 0 bridgehead atoms. The van der Waals surface area contributed by atoms with Gasteiger partial charge in [-0.25, -0.2) is 9.78 Å². The average molecular weight is 347 g/mol. The molecule has 0 radical (unpaired) electrons. The van der Waals surface area contributed by atoms with E-state index >= 15 is 0 Å². The number of rotatable bonds is 2. The molecule has 3 N–H and O–H groups in total. The zero-order valence-electron chi connectivity index (χ0n) is 15.8. The number of amides is 1. The van der Waals surface area contributed by atoms with E-state index in [9.17, 15) is 4.79 Å². The van der Waals surface area contributed by atoms with Crippen molar-refractivity contribution in [2.24, 2.45) is 5.41 Å². The highest BCUT2D eigenvalue weighted by Gasteiger charge is 2.35. The van der Waals surface area contributed by atoms with E-state index in [1.807, 2.05) is 20.8 Å². The zero-order valence-corrected chi connectivity index (χ0v) is 15.8. The van der Waals surface area contributed by atoms with E-state index < -0.39 is 5.60 Å². The number of nitrogen functional groups attached to an aromatic ring is 1. The summed E-state index contributed by atoms with van der Waals surface area (Å²) < 4.78 is 5.30.